The van der Waals surface area contributed by atoms with Crippen LogP contribution in [0.15, 0.2) is 18.2 Å². The molecule has 0 aliphatic carbocycles. The summed E-state index contributed by atoms with van der Waals surface area (Å²) in [5, 5.41) is 6.96. The van der Waals surface area contributed by atoms with Crippen molar-refractivity contribution in [3.8, 4) is 11.5 Å². The maximum absolute atomic E-state index is 5.70. The molecule has 98 valence electrons. The van der Waals surface area contributed by atoms with Crippen LogP contribution in [0.4, 0.5) is 5.69 Å². The van der Waals surface area contributed by atoms with Crippen LogP contribution < -0.4 is 20.1 Å². The van der Waals surface area contributed by atoms with Gasteiger partial charge in [-0.3, -0.25) is 0 Å². The Morgan fingerprint density at radius 3 is 2.83 bits per heavy atom. The molecule has 0 spiro atoms. The fourth-order valence-electron chi connectivity index (χ4n) is 2.46. The quantitative estimate of drug-likeness (QED) is 0.840. The van der Waals surface area contributed by atoms with Crippen molar-refractivity contribution >= 4 is 5.69 Å². The lowest BCUT2D eigenvalue weighted by Gasteiger charge is -2.25. The number of hydrogen-bond donors (Lipinski definition) is 2. The molecule has 4 nitrogen and oxygen atoms in total. The number of rotatable bonds is 2. The molecule has 1 aromatic carbocycles. The topological polar surface area (TPSA) is 42.5 Å². The zero-order chi connectivity index (χ0) is 12.2. The third-order valence-electron chi connectivity index (χ3n) is 3.42. The molecular formula is C14H20N2O2. The van der Waals surface area contributed by atoms with E-state index in [1.54, 1.807) is 0 Å². The first-order valence-corrected chi connectivity index (χ1v) is 6.79. The summed E-state index contributed by atoms with van der Waals surface area (Å²) < 4.78 is 11.3. The van der Waals surface area contributed by atoms with Crippen LogP contribution in [0.2, 0.25) is 0 Å². The summed E-state index contributed by atoms with van der Waals surface area (Å²) in [5.74, 6) is 1.72. The van der Waals surface area contributed by atoms with Crippen molar-refractivity contribution in [3.63, 3.8) is 0 Å². The molecule has 3 rings (SSSR count). The maximum Gasteiger partial charge on any atom is 0.163 e. The van der Waals surface area contributed by atoms with Crippen LogP contribution in [0.25, 0.3) is 0 Å². The third kappa shape index (κ3) is 2.70. The van der Waals surface area contributed by atoms with Crippen molar-refractivity contribution in [1.29, 1.82) is 0 Å². The first-order valence-electron chi connectivity index (χ1n) is 6.79. The molecule has 1 saturated heterocycles. The molecule has 1 fully saturated rings. The Kier molecular flexibility index (Phi) is 3.55. The second-order valence-electron chi connectivity index (χ2n) is 4.90. The van der Waals surface area contributed by atoms with Crippen LogP contribution in [0.3, 0.4) is 0 Å². The minimum atomic E-state index is 0.517. The van der Waals surface area contributed by atoms with E-state index in [2.05, 4.69) is 22.8 Å². The van der Waals surface area contributed by atoms with E-state index in [4.69, 9.17) is 9.47 Å². The van der Waals surface area contributed by atoms with E-state index in [1.807, 2.05) is 6.07 Å². The standard InChI is InChI=1S/C14H20N2O2/c1-3-12(10-15-6-1)16-11-4-5-13-14(9-11)18-8-2-7-17-13/h4-5,9,12,15-16H,1-3,6-8,10H2. The molecule has 2 N–H and O–H groups in total. The minimum absolute atomic E-state index is 0.517. The first kappa shape index (κ1) is 11.7. The Labute approximate surface area is 108 Å². The molecule has 4 heteroatoms. The van der Waals surface area contributed by atoms with E-state index in [0.717, 1.165) is 49.9 Å². The summed E-state index contributed by atoms with van der Waals surface area (Å²) in [7, 11) is 0. The third-order valence-corrected chi connectivity index (χ3v) is 3.42. The van der Waals surface area contributed by atoms with Crippen molar-refractivity contribution in [2.45, 2.75) is 25.3 Å². The monoisotopic (exact) mass is 248 g/mol. The van der Waals surface area contributed by atoms with Crippen LogP contribution in [-0.4, -0.2) is 32.3 Å². The number of fused-ring (bicyclic) bond motifs is 1. The molecule has 1 atom stereocenters. The van der Waals surface area contributed by atoms with Gasteiger partial charge < -0.3 is 20.1 Å². The van der Waals surface area contributed by atoms with E-state index < -0.39 is 0 Å². The lowest BCUT2D eigenvalue weighted by molar-refractivity contribution is 0.297. The molecule has 0 bridgehead atoms. The van der Waals surface area contributed by atoms with Gasteiger partial charge in [-0.15, -0.1) is 0 Å². The van der Waals surface area contributed by atoms with E-state index in [0.29, 0.717) is 6.04 Å². The Bertz CT molecular complexity index is 403. The lowest BCUT2D eigenvalue weighted by atomic mass is 10.1. The summed E-state index contributed by atoms with van der Waals surface area (Å²) in [6.07, 6.45) is 3.41. The van der Waals surface area contributed by atoms with Crippen LogP contribution >= 0.6 is 0 Å². The van der Waals surface area contributed by atoms with Crippen molar-refractivity contribution in [2.24, 2.45) is 0 Å². The predicted molar refractivity (Wildman–Crippen MR) is 71.6 cm³/mol. The number of piperidine rings is 1. The van der Waals surface area contributed by atoms with Crippen LogP contribution in [-0.2, 0) is 0 Å². The summed E-state index contributed by atoms with van der Waals surface area (Å²) in [5.41, 5.74) is 1.12. The van der Waals surface area contributed by atoms with Gasteiger partial charge in [0.05, 0.1) is 13.2 Å². The molecule has 0 radical (unpaired) electrons. The van der Waals surface area contributed by atoms with Crippen LogP contribution in [0.1, 0.15) is 19.3 Å². The van der Waals surface area contributed by atoms with Gasteiger partial charge >= 0.3 is 0 Å². The van der Waals surface area contributed by atoms with Gasteiger partial charge in [0.2, 0.25) is 0 Å². The van der Waals surface area contributed by atoms with Crippen molar-refractivity contribution in [2.75, 3.05) is 31.6 Å². The number of benzene rings is 1. The largest absolute Gasteiger partial charge is 0.490 e. The van der Waals surface area contributed by atoms with Gasteiger partial charge in [0.25, 0.3) is 0 Å². The Morgan fingerprint density at radius 2 is 2.00 bits per heavy atom. The fraction of sp³-hybridized carbons (Fsp3) is 0.571. The number of ether oxygens (including phenoxy) is 2. The summed E-state index contributed by atoms with van der Waals surface area (Å²) in [6.45, 7) is 3.65. The molecule has 0 amide bonds. The fourth-order valence-corrected chi connectivity index (χ4v) is 2.46. The maximum atomic E-state index is 5.70. The second-order valence-corrected chi connectivity index (χ2v) is 4.90. The van der Waals surface area contributed by atoms with Crippen molar-refractivity contribution in [3.05, 3.63) is 18.2 Å². The van der Waals surface area contributed by atoms with Gasteiger partial charge in [-0.05, 0) is 31.5 Å². The molecular weight excluding hydrogens is 228 g/mol. The molecule has 2 aliphatic rings. The zero-order valence-corrected chi connectivity index (χ0v) is 10.6. The molecule has 2 aliphatic heterocycles. The van der Waals surface area contributed by atoms with Crippen LogP contribution in [0.5, 0.6) is 11.5 Å². The first-order chi connectivity index (χ1) is 8.92. The van der Waals surface area contributed by atoms with Gasteiger partial charge in [0.15, 0.2) is 11.5 Å². The Hall–Kier alpha value is -1.42. The van der Waals surface area contributed by atoms with Gasteiger partial charge in [-0.2, -0.15) is 0 Å². The molecule has 18 heavy (non-hydrogen) atoms. The number of anilines is 1. The zero-order valence-electron chi connectivity index (χ0n) is 10.6. The summed E-state index contributed by atoms with van der Waals surface area (Å²) in [4.78, 5) is 0. The van der Waals surface area contributed by atoms with E-state index in [1.165, 1.54) is 12.8 Å². The SMILES string of the molecule is c1cc2c(cc1NC1CCCNC1)OCCCO2. The molecule has 0 aromatic heterocycles. The average molecular weight is 248 g/mol. The normalized spacial score (nSPS) is 23.2. The van der Waals surface area contributed by atoms with E-state index >= 15 is 0 Å². The highest BCUT2D eigenvalue weighted by atomic mass is 16.5. The Morgan fingerprint density at radius 1 is 1.11 bits per heavy atom. The number of nitrogens with one attached hydrogen (secondary N) is 2. The minimum Gasteiger partial charge on any atom is -0.490 e. The molecule has 2 heterocycles. The van der Waals surface area contributed by atoms with E-state index in [9.17, 15) is 0 Å². The predicted octanol–water partition coefficient (Wildman–Crippen LogP) is 2.01. The summed E-state index contributed by atoms with van der Waals surface area (Å²) in [6, 6.07) is 6.64. The van der Waals surface area contributed by atoms with Crippen LogP contribution in [0, 0.1) is 0 Å². The highest BCUT2D eigenvalue weighted by Crippen LogP contribution is 2.32. The van der Waals surface area contributed by atoms with Gasteiger partial charge in [-0.25, -0.2) is 0 Å². The van der Waals surface area contributed by atoms with Gasteiger partial charge in [0.1, 0.15) is 0 Å². The van der Waals surface area contributed by atoms with Crippen molar-refractivity contribution < 1.29 is 9.47 Å². The Balaban J connectivity index is 1.70. The average Bonchev–Trinajstić information content (AvgIpc) is 2.64. The number of hydrogen-bond acceptors (Lipinski definition) is 4. The molecule has 0 saturated carbocycles. The molecule has 1 aromatic rings. The highest BCUT2D eigenvalue weighted by molar-refractivity contribution is 5.55. The van der Waals surface area contributed by atoms with Crippen molar-refractivity contribution in [1.82, 2.24) is 5.32 Å². The smallest absolute Gasteiger partial charge is 0.163 e. The van der Waals surface area contributed by atoms with Gasteiger partial charge in [0, 0.05) is 30.8 Å². The highest BCUT2D eigenvalue weighted by Gasteiger charge is 2.15. The lowest BCUT2D eigenvalue weighted by Crippen LogP contribution is -2.38. The molecule has 1 unspecified atom stereocenters. The second kappa shape index (κ2) is 5.48. The van der Waals surface area contributed by atoms with E-state index in [-0.39, 0.29) is 0 Å². The van der Waals surface area contributed by atoms with Gasteiger partial charge in [-0.1, -0.05) is 0 Å². The summed E-state index contributed by atoms with van der Waals surface area (Å²) >= 11 is 0.